The first-order chi connectivity index (χ1) is 7.20. The lowest BCUT2D eigenvalue weighted by molar-refractivity contribution is 0.817. The summed E-state index contributed by atoms with van der Waals surface area (Å²) >= 11 is 0. The predicted octanol–water partition coefficient (Wildman–Crippen LogP) is 1.34. The van der Waals surface area contributed by atoms with Gasteiger partial charge in [0.2, 0.25) is 0 Å². The minimum absolute atomic E-state index is 0.474. The molecule has 2 aromatic heterocycles. The number of hydrogen-bond donors (Lipinski definition) is 1. The summed E-state index contributed by atoms with van der Waals surface area (Å²) in [7, 11) is 0. The fraction of sp³-hybridized carbons (Fsp3) is 0.273. The third-order valence-corrected chi connectivity index (χ3v) is 2.24. The van der Waals surface area contributed by atoms with Gasteiger partial charge in [-0.3, -0.25) is 0 Å². The van der Waals surface area contributed by atoms with Gasteiger partial charge < -0.3 is 5.73 Å². The van der Waals surface area contributed by atoms with E-state index in [1.165, 1.54) is 0 Å². The van der Waals surface area contributed by atoms with E-state index in [1.807, 2.05) is 38.4 Å². The number of aryl methyl sites for hydroxylation is 2. The van der Waals surface area contributed by atoms with E-state index in [0.29, 0.717) is 6.54 Å². The molecule has 0 amide bonds. The van der Waals surface area contributed by atoms with Crippen molar-refractivity contribution in [1.82, 2.24) is 14.8 Å². The van der Waals surface area contributed by atoms with Crippen LogP contribution in [0.15, 0.2) is 24.5 Å². The smallest absolute Gasteiger partial charge is 0.158 e. The van der Waals surface area contributed by atoms with Gasteiger partial charge in [0, 0.05) is 24.0 Å². The van der Waals surface area contributed by atoms with Crippen LogP contribution in [-0.2, 0) is 6.54 Å². The summed E-state index contributed by atoms with van der Waals surface area (Å²) in [6.45, 7) is 4.43. The Hall–Kier alpha value is -1.68. The fourth-order valence-electron chi connectivity index (χ4n) is 1.46. The Morgan fingerprint density at radius 1 is 1.33 bits per heavy atom. The Morgan fingerprint density at radius 2 is 2.13 bits per heavy atom. The molecule has 0 fully saturated rings. The average molecular weight is 202 g/mol. The van der Waals surface area contributed by atoms with E-state index in [0.717, 1.165) is 22.6 Å². The van der Waals surface area contributed by atoms with E-state index in [-0.39, 0.29) is 0 Å². The van der Waals surface area contributed by atoms with Gasteiger partial charge in [-0.25, -0.2) is 9.67 Å². The molecular formula is C11H14N4. The largest absolute Gasteiger partial charge is 0.326 e. The van der Waals surface area contributed by atoms with Gasteiger partial charge >= 0.3 is 0 Å². The maximum atomic E-state index is 5.66. The van der Waals surface area contributed by atoms with E-state index in [1.54, 1.807) is 4.68 Å². The van der Waals surface area contributed by atoms with Gasteiger partial charge in [-0.15, -0.1) is 0 Å². The SMILES string of the molecule is Cc1cnn(-c2nc(C)ccc2CN)c1. The average Bonchev–Trinajstić information content (AvgIpc) is 2.65. The molecule has 2 heterocycles. The lowest BCUT2D eigenvalue weighted by Crippen LogP contribution is -2.08. The molecule has 0 radical (unpaired) electrons. The Bertz CT molecular complexity index is 473. The summed E-state index contributed by atoms with van der Waals surface area (Å²) in [5.74, 6) is 0.825. The van der Waals surface area contributed by atoms with Gasteiger partial charge in [-0.1, -0.05) is 6.07 Å². The highest BCUT2D eigenvalue weighted by molar-refractivity contribution is 5.34. The zero-order valence-corrected chi connectivity index (χ0v) is 8.94. The van der Waals surface area contributed by atoms with Crippen LogP contribution in [-0.4, -0.2) is 14.8 Å². The van der Waals surface area contributed by atoms with Crippen molar-refractivity contribution in [3.05, 3.63) is 41.3 Å². The van der Waals surface area contributed by atoms with E-state index in [9.17, 15) is 0 Å². The lowest BCUT2D eigenvalue weighted by atomic mass is 10.2. The standard InChI is InChI=1S/C11H14N4/c1-8-6-13-15(7-8)11-10(5-12)4-3-9(2)14-11/h3-4,6-7H,5,12H2,1-2H3. The molecule has 2 N–H and O–H groups in total. The molecule has 0 aliphatic heterocycles. The van der Waals surface area contributed by atoms with Crippen LogP contribution in [0, 0.1) is 13.8 Å². The number of pyridine rings is 1. The van der Waals surface area contributed by atoms with Gasteiger partial charge in [0.15, 0.2) is 5.82 Å². The zero-order chi connectivity index (χ0) is 10.8. The molecule has 15 heavy (non-hydrogen) atoms. The molecule has 0 atom stereocenters. The first-order valence-electron chi connectivity index (χ1n) is 4.89. The molecule has 4 heteroatoms. The normalized spacial score (nSPS) is 10.6. The maximum Gasteiger partial charge on any atom is 0.158 e. The summed E-state index contributed by atoms with van der Waals surface area (Å²) in [5, 5.41) is 4.23. The molecule has 0 saturated heterocycles. The summed E-state index contributed by atoms with van der Waals surface area (Å²) in [4.78, 5) is 4.45. The van der Waals surface area contributed by atoms with Crippen LogP contribution >= 0.6 is 0 Å². The van der Waals surface area contributed by atoms with Crippen molar-refractivity contribution < 1.29 is 0 Å². The number of rotatable bonds is 2. The van der Waals surface area contributed by atoms with Crippen LogP contribution < -0.4 is 5.73 Å². The van der Waals surface area contributed by atoms with Crippen LogP contribution in [0.25, 0.3) is 5.82 Å². The van der Waals surface area contributed by atoms with Crippen molar-refractivity contribution >= 4 is 0 Å². The maximum absolute atomic E-state index is 5.66. The molecule has 0 aromatic carbocycles. The van der Waals surface area contributed by atoms with Crippen LogP contribution in [0.1, 0.15) is 16.8 Å². The molecule has 2 rings (SSSR count). The highest BCUT2D eigenvalue weighted by Gasteiger charge is 2.06. The van der Waals surface area contributed by atoms with Crippen molar-refractivity contribution in [1.29, 1.82) is 0 Å². The van der Waals surface area contributed by atoms with Crippen molar-refractivity contribution in [2.24, 2.45) is 5.73 Å². The van der Waals surface area contributed by atoms with Crippen molar-refractivity contribution in [2.45, 2.75) is 20.4 Å². The number of aromatic nitrogens is 3. The number of nitrogens with zero attached hydrogens (tertiary/aromatic N) is 3. The van der Waals surface area contributed by atoms with E-state index >= 15 is 0 Å². The quantitative estimate of drug-likeness (QED) is 0.799. The lowest BCUT2D eigenvalue weighted by Gasteiger charge is -2.07. The second-order valence-electron chi connectivity index (χ2n) is 3.60. The predicted molar refractivity (Wildman–Crippen MR) is 58.7 cm³/mol. The third kappa shape index (κ3) is 1.89. The van der Waals surface area contributed by atoms with Crippen molar-refractivity contribution in [3.8, 4) is 5.82 Å². The van der Waals surface area contributed by atoms with Crippen LogP contribution in [0.2, 0.25) is 0 Å². The van der Waals surface area contributed by atoms with Crippen LogP contribution in [0.3, 0.4) is 0 Å². The second kappa shape index (κ2) is 3.82. The number of hydrogen-bond acceptors (Lipinski definition) is 3. The number of nitrogens with two attached hydrogens (primary N) is 1. The molecule has 0 aliphatic rings. The van der Waals surface area contributed by atoms with Crippen LogP contribution in [0.5, 0.6) is 0 Å². The third-order valence-electron chi connectivity index (χ3n) is 2.24. The van der Waals surface area contributed by atoms with Gasteiger partial charge in [-0.05, 0) is 25.5 Å². The molecule has 2 aromatic rings. The van der Waals surface area contributed by atoms with Gasteiger partial charge in [0.1, 0.15) is 0 Å². The van der Waals surface area contributed by atoms with Crippen LogP contribution in [0.4, 0.5) is 0 Å². The first kappa shape index (κ1) is 9.86. The molecule has 0 aliphatic carbocycles. The van der Waals surface area contributed by atoms with Gasteiger partial charge in [0.05, 0.1) is 6.20 Å². The molecule has 0 spiro atoms. The summed E-state index contributed by atoms with van der Waals surface area (Å²) in [5.41, 5.74) is 8.75. The Labute approximate surface area is 88.8 Å². The Kier molecular flexibility index (Phi) is 2.51. The minimum Gasteiger partial charge on any atom is -0.326 e. The first-order valence-corrected chi connectivity index (χ1v) is 4.89. The van der Waals surface area contributed by atoms with Crippen molar-refractivity contribution in [3.63, 3.8) is 0 Å². The van der Waals surface area contributed by atoms with Crippen molar-refractivity contribution in [2.75, 3.05) is 0 Å². The molecule has 0 bridgehead atoms. The molecule has 0 unspecified atom stereocenters. The van der Waals surface area contributed by atoms with Gasteiger partial charge in [0.25, 0.3) is 0 Å². The highest BCUT2D eigenvalue weighted by Crippen LogP contribution is 2.12. The highest BCUT2D eigenvalue weighted by atomic mass is 15.3. The topological polar surface area (TPSA) is 56.7 Å². The second-order valence-corrected chi connectivity index (χ2v) is 3.60. The zero-order valence-electron chi connectivity index (χ0n) is 8.94. The molecule has 78 valence electrons. The monoisotopic (exact) mass is 202 g/mol. The Balaban J connectivity index is 2.55. The molecular weight excluding hydrogens is 188 g/mol. The minimum atomic E-state index is 0.474. The Morgan fingerprint density at radius 3 is 2.73 bits per heavy atom. The molecule has 4 nitrogen and oxygen atoms in total. The summed E-state index contributed by atoms with van der Waals surface area (Å²) in [6.07, 6.45) is 3.76. The molecule has 0 saturated carbocycles. The summed E-state index contributed by atoms with van der Waals surface area (Å²) < 4.78 is 1.77. The summed E-state index contributed by atoms with van der Waals surface area (Å²) in [6, 6.07) is 3.96. The van der Waals surface area contributed by atoms with Gasteiger partial charge in [-0.2, -0.15) is 5.10 Å². The fourth-order valence-corrected chi connectivity index (χ4v) is 1.46. The van der Waals surface area contributed by atoms with E-state index in [4.69, 9.17) is 5.73 Å². The van der Waals surface area contributed by atoms with E-state index in [2.05, 4.69) is 10.1 Å². The van der Waals surface area contributed by atoms with E-state index < -0.39 is 0 Å².